The van der Waals surface area contributed by atoms with Crippen molar-refractivity contribution in [2.45, 2.75) is 32.9 Å². The van der Waals surface area contributed by atoms with Crippen LogP contribution in [0.5, 0.6) is 0 Å². The maximum Gasteiger partial charge on any atom is 0.216 e. The zero-order chi connectivity index (χ0) is 15.2. The Morgan fingerprint density at radius 1 is 1.43 bits per heavy atom. The van der Waals surface area contributed by atoms with E-state index in [1.807, 2.05) is 12.1 Å². The zero-order valence-electron chi connectivity index (χ0n) is 12.6. The molecule has 2 rings (SSSR count). The van der Waals surface area contributed by atoms with Crippen molar-refractivity contribution in [2.75, 3.05) is 19.6 Å². The summed E-state index contributed by atoms with van der Waals surface area (Å²) in [7, 11) is 0. The standard InChI is InChI=1S/C16H24FN3O/c1-12(21)19-10-13-4-6-20(7-5-13)11-14-2-3-16(17)15(8-14)9-18/h2-3,8,13H,4-7,9-11,18H2,1H3,(H,19,21). The second-order valence-electron chi connectivity index (χ2n) is 5.79. The van der Waals surface area contributed by atoms with Crippen molar-refractivity contribution in [1.82, 2.24) is 10.2 Å². The molecular weight excluding hydrogens is 269 g/mol. The fourth-order valence-corrected chi connectivity index (χ4v) is 2.78. The zero-order valence-corrected chi connectivity index (χ0v) is 12.6. The van der Waals surface area contributed by atoms with Gasteiger partial charge in [0.05, 0.1) is 0 Å². The first kappa shape index (κ1) is 15.9. The summed E-state index contributed by atoms with van der Waals surface area (Å²) in [4.78, 5) is 13.3. The highest BCUT2D eigenvalue weighted by Crippen LogP contribution is 2.19. The summed E-state index contributed by atoms with van der Waals surface area (Å²) in [5.41, 5.74) is 7.23. The molecule has 116 valence electrons. The quantitative estimate of drug-likeness (QED) is 0.867. The molecule has 3 N–H and O–H groups in total. The number of carbonyl (C=O) groups is 1. The molecule has 1 amide bonds. The number of rotatable bonds is 5. The Morgan fingerprint density at radius 3 is 2.76 bits per heavy atom. The van der Waals surface area contributed by atoms with E-state index in [9.17, 15) is 9.18 Å². The molecule has 5 heteroatoms. The summed E-state index contributed by atoms with van der Waals surface area (Å²) < 4.78 is 13.4. The highest BCUT2D eigenvalue weighted by atomic mass is 19.1. The lowest BCUT2D eigenvalue weighted by Gasteiger charge is -2.32. The van der Waals surface area contributed by atoms with Gasteiger partial charge in [0.1, 0.15) is 5.82 Å². The van der Waals surface area contributed by atoms with Crippen LogP contribution in [-0.4, -0.2) is 30.4 Å². The molecule has 0 aromatic heterocycles. The van der Waals surface area contributed by atoms with Crippen molar-refractivity contribution in [1.29, 1.82) is 0 Å². The normalized spacial score (nSPS) is 16.9. The smallest absolute Gasteiger partial charge is 0.216 e. The van der Waals surface area contributed by atoms with E-state index in [-0.39, 0.29) is 18.3 Å². The van der Waals surface area contributed by atoms with Crippen LogP contribution in [-0.2, 0) is 17.9 Å². The van der Waals surface area contributed by atoms with E-state index in [2.05, 4.69) is 10.2 Å². The van der Waals surface area contributed by atoms with Crippen LogP contribution in [0.4, 0.5) is 4.39 Å². The van der Waals surface area contributed by atoms with Gasteiger partial charge in [-0.25, -0.2) is 4.39 Å². The Balaban J connectivity index is 1.82. The SMILES string of the molecule is CC(=O)NCC1CCN(Cc2ccc(F)c(CN)c2)CC1. The van der Waals surface area contributed by atoms with Gasteiger partial charge in [0.15, 0.2) is 0 Å². The number of likely N-dealkylation sites (tertiary alicyclic amines) is 1. The Bertz CT molecular complexity index is 484. The van der Waals surface area contributed by atoms with E-state index in [0.29, 0.717) is 11.5 Å². The number of nitrogens with one attached hydrogen (secondary N) is 1. The van der Waals surface area contributed by atoms with Crippen molar-refractivity contribution < 1.29 is 9.18 Å². The number of amides is 1. The van der Waals surface area contributed by atoms with Crippen molar-refractivity contribution in [2.24, 2.45) is 11.7 Å². The molecule has 1 fully saturated rings. The third-order valence-electron chi connectivity index (χ3n) is 4.08. The molecule has 0 unspecified atom stereocenters. The number of benzene rings is 1. The molecule has 1 aliphatic heterocycles. The molecule has 1 saturated heterocycles. The first-order valence-corrected chi connectivity index (χ1v) is 7.52. The summed E-state index contributed by atoms with van der Waals surface area (Å²) in [5.74, 6) is 0.381. The highest BCUT2D eigenvalue weighted by Gasteiger charge is 2.19. The summed E-state index contributed by atoms with van der Waals surface area (Å²) >= 11 is 0. The average Bonchev–Trinajstić information content (AvgIpc) is 2.48. The van der Waals surface area contributed by atoms with Crippen LogP contribution >= 0.6 is 0 Å². The second-order valence-corrected chi connectivity index (χ2v) is 5.79. The second kappa shape index (κ2) is 7.52. The molecule has 0 saturated carbocycles. The molecule has 0 radical (unpaired) electrons. The van der Waals surface area contributed by atoms with E-state index in [0.717, 1.165) is 44.6 Å². The number of nitrogens with two attached hydrogens (primary N) is 1. The van der Waals surface area contributed by atoms with Crippen LogP contribution in [0, 0.1) is 11.7 Å². The Hall–Kier alpha value is -1.46. The maximum absolute atomic E-state index is 13.4. The van der Waals surface area contributed by atoms with E-state index in [4.69, 9.17) is 5.73 Å². The van der Waals surface area contributed by atoms with Crippen molar-refractivity contribution in [3.8, 4) is 0 Å². The van der Waals surface area contributed by atoms with Gasteiger partial charge in [-0.3, -0.25) is 9.69 Å². The van der Waals surface area contributed by atoms with Crippen LogP contribution in [0.25, 0.3) is 0 Å². The lowest BCUT2D eigenvalue weighted by atomic mass is 9.96. The van der Waals surface area contributed by atoms with Crippen molar-refractivity contribution in [3.05, 3.63) is 35.1 Å². The maximum atomic E-state index is 13.4. The number of hydrogen-bond acceptors (Lipinski definition) is 3. The summed E-state index contributed by atoms with van der Waals surface area (Å²) in [5, 5.41) is 2.89. The fourth-order valence-electron chi connectivity index (χ4n) is 2.78. The summed E-state index contributed by atoms with van der Waals surface area (Å²) in [6, 6.07) is 5.19. The van der Waals surface area contributed by atoms with E-state index in [1.54, 1.807) is 6.92 Å². The summed E-state index contributed by atoms with van der Waals surface area (Å²) in [6.45, 7) is 5.42. The van der Waals surface area contributed by atoms with E-state index < -0.39 is 0 Å². The minimum Gasteiger partial charge on any atom is -0.356 e. The molecule has 1 aliphatic rings. The lowest BCUT2D eigenvalue weighted by Crippen LogP contribution is -2.37. The first-order chi connectivity index (χ1) is 10.1. The topological polar surface area (TPSA) is 58.4 Å². The van der Waals surface area contributed by atoms with Crippen LogP contribution < -0.4 is 11.1 Å². The number of hydrogen-bond donors (Lipinski definition) is 2. The third-order valence-corrected chi connectivity index (χ3v) is 4.08. The van der Waals surface area contributed by atoms with Gasteiger partial charge in [-0.2, -0.15) is 0 Å². The van der Waals surface area contributed by atoms with Crippen LogP contribution in [0.3, 0.4) is 0 Å². The van der Waals surface area contributed by atoms with Crippen LogP contribution in [0.15, 0.2) is 18.2 Å². The molecule has 0 bridgehead atoms. The predicted octanol–water partition coefficient (Wildman–Crippen LogP) is 1.63. The largest absolute Gasteiger partial charge is 0.356 e. The fraction of sp³-hybridized carbons (Fsp3) is 0.562. The van der Waals surface area contributed by atoms with E-state index >= 15 is 0 Å². The Morgan fingerprint density at radius 2 is 2.14 bits per heavy atom. The van der Waals surface area contributed by atoms with Gasteiger partial charge < -0.3 is 11.1 Å². The van der Waals surface area contributed by atoms with Gasteiger partial charge in [-0.05, 0) is 43.5 Å². The van der Waals surface area contributed by atoms with Crippen molar-refractivity contribution in [3.63, 3.8) is 0 Å². The molecule has 4 nitrogen and oxygen atoms in total. The number of nitrogens with zero attached hydrogens (tertiary/aromatic N) is 1. The molecule has 21 heavy (non-hydrogen) atoms. The van der Waals surface area contributed by atoms with Gasteiger partial charge in [-0.1, -0.05) is 12.1 Å². The average molecular weight is 293 g/mol. The van der Waals surface area contributed by atoms with Gasteiger partial charge >= 0.3 is 0 Å². The minimum atomic E-state index is -0.227. The van der Waals surface area contributed by atoms with Gasteiger partial charge in [0.25, 0.3) is 0 Å². The third kappa shape index (κ3) is 4.79. The minimum absolute atomic E-state index is 0.0399. The molecule has 0 atom stereocenters. The Kier molecular flexibility index (Phi) is 5.70. The molecule has 0 aliphatic carbocycles. The van der Waals surface area contributed by atoms with Gasteiger partial charge in [0.2, 0.25) is 5.91 Å². The van der Waals surface area contributed by atoms with Gasteiger partial charge in [0, 0.05) is 32.1 Å². The van der Waals surface area contributed by atoms with Crippen molar-refractivity contribution >= 4 is 5.91 Å². The molecule has 1 heterocycles. The highest BCUT2D eigenvalue weighted by molar-refractivity contribution is 5.72. The number of piperidine rings is 1. The number of halogens is 1. The molecular formula is C16H24FN3O. The molecule has 1 aromatic rings. The van der Waals surface area contributed by atoms with Crippen LogP contribution in [0.1, 0.15) is 30.9 Å². The molecule has 1 aromatic carbocycles. The number of carbonyl (C=O) groups excluding carboxylic acids is 1. The first-order valence-electron chi connectivity index (χ1n) is 7.52. The predicted molar refractivity (Wildman–Crippen MR) is 81.0 cm³/mol. The Labute approximate surface area is 125 Å². The summed E-state index contributed by atoms with van der Waals surface area (Å²) in [6.07, 6.45) is 2.18. The molecule has 0 spiro atoms. The lowest BCUT2D eigenvalue weighted by molar-refractivity contribution is -0.119. The van der Waals surface area contributed by atoms with Crippen LogP contribution in [0.2, 0.25) is 0 Å². The van der Waals surface area contributed by atoms with Gasteiger partial charge in [-0.15, -0.1) is 0 Å². The van der Waals surface area contributed by atoms with E-state index in [1.165, 1.54) is 6.07 Å². The monoisotopic (exact) mass is 293 g/mol.